The Labute approximate surface area is 105 Å². The molecule has 1 heterocycles. The summed E-state index contributed by atoms with van der Waals surface area (Å²) in [6, 6.07) is 6.04. The number of oxime groups is 2. The monoisotopic (exact) mass is 274 g/mol. The molecule has 0 fully saturated rings. The van der Waals surface area contributed by atoms with Crippen LogP contribution in [0.2, 0.25) is 0 Å². The summed E-state index contributed by atoms with van der Waals surface area (Å²) in [6.45, 7) is 0. The Morgan fingerprint density at radius 3 is 2.42 bits per heavy atom. The molecule has 2 rings (SSSR count). The van der Waals surface area contributed by atoms with Gasteiger partial charge in [0.1, 0.15) is 0 Å². The number of rotatable bonds is 2. The van der Waals surface area contributed by atoms with Gasteiger partial charge in [-0.3, -0.25) is 0 Å². The van der Waals surface area contributed by atoms with Crippen LogP contribution in [0.15, 0.2) is 34.6 Å². The van der Waals surface area contributed by atoms with Crippen LogP contribution < -0.4 is 0 Å². The highest BCUT2D eigenvalue weighted by Crippen LogP contribution is 2.38. The maximum Gasteiger partial charge on any atom is 0.458 e. The van der Waals surface area contributed by atoms with E-state index in [0.29, 0.717) is 11.1 Å². The SMILES string of the molecule is ON=Cc1ccc(C2=NOC(O)(C(F)(F)F)C2)cc1. The second-order valence-corrected chi connectivity index (χ2v) is 3.95. The number of alkyl halides is 3. The first-order valence-corrected chi connectivity index (χ1v) is 5.18. The Kier molecular flexibility index (Phi) is 3.19. The van der Waals surface area contributed by atoms with Crippen molar-refractivity contribution in [3.63, 3.8) is 0 Å². The molecule has 1 aliphatic heterocycles. The Hall–Kier alpha value is -2.09. The number of hydrogen-bond acceptors (Lipinski definition) is 5. The van der Waals surface area contributed by atoms with Gasteiger partial charge in [-0.25, -0.2) is 0 Å². The van der Waals surface area contributed by atoms with Crippen LogP contribution in [0.3, 0.4) is 0 Å². The van der Waals surface area contributed by atoms with Crippen LogP contribution >= 0.6 is 0 Å². The lowest BCUT2D eigenvalue weighted by atomic mass is 10.0. The highest BCUT2D eigenvalue weighted by atomic mass is 19.4. The largest absolute Gasteiger partial charge is 0.458 e. The van der Waals surface area contributed by atoms with Gasteiger partial charge in [0.2, 0.25) is 0 Å². The summed E-state index contributed by atoms with van der Waals surface area (Å²) in [5.41, 5.74) is 0.944. The van der Waals surface area contributed by atoms with Crippen LogP contribution in [-0.2, 0) is 4.84 Å². The molecule has 0 saturated heterocycles. The average Bonchev–Trinajstić information content (AvgIpc) is 2.74. The summed E-state index contributed by atoms with van der Waals surface area (Å²) in [6.07, 6.45) is -4.52. The van der Waals surface area contributed by atoms with E-state index < -0.39 is 18.4 Å². The zero-order valence-electron chi connectivity index (χ0n) is 9.42. The molecule has 8 heteroatoms. The molecule has 0 aliphatic carbocycles. The first-order valence-electron chi connectivity index (χ1n) is 5.18. The fraction of sp³-hybridized carbons (Fsp3) is 0.273. The Bertz CT molecular complexity index is 525. The highest BCUT2D eigenvalue weighted by Gasteiger charge is 2.60. The highest BCUT2D eigenvalue weighted by molar-refractivity contribution is 6.02. The van der Waals surface area contributed by atoms with Gasteiger partial charge >= 0.3 is 12.0 Å². The van der Waals surface area contributed by atoms with E-state index in [1.54, 1.807) is 0 Å². The summed E-state index contributed by atoms with van der Waals surface area (Å²) in [4.78, 5) is 4.10. The minimum absolute atomic E-state index is 0.00712. The van der Waals surface area contributed by atoms with Crippen LogP contribution in [0.5, 0.6) is 0 Å². The molecule has 19 heavy (non-hydrogen) atoms. The molecule has 5 nitrogen and oxygen atoms in total. The molecule has 0 radical (unpaired) electrons. The molecule has 1 aliphatic rings. The molecule has 0 amide bonds. The number of benzene rings is 1. The number of aliphatic hydroxyl groups is 1. The summed E-state index contributed by atoms with van der Waals surface area (Å²) in [7, 11) is 0. The summed E-state index contributed by atoms with van der Waals surface area (Å²) < 4.78 is 37.5. The van der Waals surface area contributed by atoms with Gasteiger partial charge in [0, 0.05) is 0 Å². The molecule has 0 spiro atoms. The molecule has 1 atom stereocenters. The Balaban J connectivity index is 2.17. The molecule has 0 saturated carbocycles. The van der Waals surface area contributed by atoms with E-state index in [2.05, 4.69) is 15.1 Å². The minimum atomic E-state index is -4.91. The number of nitrogens with zero attached hydrogens (tertiary/aromatic N) is 2. The predicted molar refractivity (Wildman–Crippen MR) is 59.1 cm³/mol. The lowest BCUT2D eigenvalue weighted by molar-refractivity contribution is -0.355. The Morgan fingerprint density at radius 1 is 1.32 bits per heavy atom. The maximum atomic E-state index is 12.5. The van der Waals surface area contributed by atoms with Crippen LogP contribution in [0.1, 0.15) is 17.5 Å². The molecule has 2 N–H and O–H groups in total. The van der Waals surface area contributed by atoms with E-state index in [0.717, 1.165) is 0 Å². The topological polar surface area (TPSA) is 74.4 Å². The quantitative estimate of drug-likeness (QED) is 0.491. The maximum absolute atomic E-state index is 12.5. The van der Waals surface area contributed by atoms with Gasteiger partial charge in [0.15, 0.2) is 0 Å². The fourth-order valence-corrected chi connectivity index (χ4v) is 1.56. The second kappa shape index (κ2) is 4.54. The van der Waals surface area contributed by atoms with Crippen molar-refractivity contribution < 1.29 is 28.3 Å². The third kappa shape index (κ3) is 2.53. The normalized spacial score (nSPS) is 23.5. The van der Waals surface area contributed by atoms with E-state index in [9.17, 15) is 18.3 Å². The van der Waals surface area contributed by atoms with Crippen molar-refractivity contribution in [2.24, 2.45) is 10.3 Å². The molecule has 0 aromatic heterocycles. The molecule has 1 aromatic carbocycles. The fourth-order valence-electron chi connectivity index (χ4n) is 1.56. The molecule has 0 bridgehead atoms. The number of halogens is 3. The molecule has 1 unspecified atom stereocenters. The summed E-state index contributed by atoms with van der Waals surface area (Å²) in [5.74, 6) is -3.27. The minimum Gasteiger partial charge on any atom is -0.411 e. The van der Waals surface area contributed by atoms with Crippen molar-refractivity contribution in [3.05, 3.63) is 35.4 Å². The van der Waals surface area contributed by atoms with Crippen LogP contribution in [0.4, 0.5) is 13.2 Å². The summed E-state index contributed by atoms with van der Waals surface area (Å²) in [5, 5.41) is 23.7. The van der Waals surface area contributed by atoms with Gasteiger partial charge < -0.3 is 15.2 Å². The third-order valence-corrected chi connectivity index (χ3v) is 2.61. The van der Waals surface area contributed by atoms with E-state index in [1.165, 1.54) is 30.5 Å². The van der Waals surface area contributed by atoms with Gasteiger partial charge in [0.05, 0.1) is 18.3 Å². The van der Waals surface area contributed by atoms with Crippen LogP contribution in [-0.4, -0.2) is 34.2 Å². The van der Waals surface area contributed by atoms with Gasteiger partial charge in [-0.05, 0) is 11.1 Å². The van der Waals surface area contributed by atoms with Crippen LogP contribution in [0, 0.1) is 0 Å². The molecule has 1 aromatic rings. The Morgan fingerprint density at radius 2 is 1.95 bits per heavy atom. The zero-order chi connectivity index (χ0) is 14.1. The predicted octanol–water partition coefficient (Wildman–Crippen LogP) is 1.87. The first kappa shape index (κ1) is 13.3. The van der Waals surface area contributed by atoms with Crippen molar-refractivity contribution >= 4 is 11.9 Å². The van der Waals surface area contributed by atoms with E-state index in [4.69, 9.17) is 5.21 Å². The lowest BCUT2D eigenvalue weighted by Crippen LogP contribution is -2.45. The summed E-state index contributed by atoms with van der Waals surface area (Å²) >= 11 is 0. The molecular formula is C11H9F3N2O3. The first-order chi connectivity index (χ1) is 8.86. The molecular weight excluding hydrogens is 265 g/mol. The van der Waals surface area contributed by atoms with Crippen molar-refractivity contribution in [1.82, 2.24) is 0 Å². The second-order valence-electron chi connectivity index (χ2n) is 3.95. The zero-order valence-corrected chi connectivity index (χ0v) is 9.42. The van der Waals surface area contributed by atoms with Gasteiger partial charge in [-0.1, -0.05) is 34.6 Å². The smallest absolute Gasteiger partial charge is 0.411 e. The lowest BCUT2D eigenvalue weighted by Gasteiger charge is -2.22. The van der Waals surface area contributed by atoms with Crippen molar-refractivity contribution in [2.75, 3.05) is 0 Å². The van der Waals surface area contributed by atoms with Crippen LogP contribution in [0.25, 0.3) is 0 Å². The van der Waals surface area contributed by atoms with E-state index >= 15 is 0 Å². The van der Waals surface area contributed by atoms with Crippen molar-refractivity contribution in [3.8, 4) is 0 Å². The van der Waals surface area contributed by atoms with E-state index in [-0.39, 0.29) is 5.71 Å². The third-order valence-electron chi connectivity index (χ3n) is 2.61. The molecule has 102 valence electrons. The standard InChI is InChI=1S/C11H9F3N2O3/c12-11(13,14)10(17)5-9(16-19-10)8-3-1-7(2-4-8)6-15-18/h1-4,6,17-18H,5H2. The van der Waals surface area contributed by atoms with Crippen molar-refractivity contribution in [1.29, 1.82) is 0 Å². The van der Waals surface area contributed by atoms with Gasteiger partial charge in [-0.15, -0.1) is 0 Å². The van der Waals surface area contributed by atoms with Crippen molar-refractivity contribution in [2.45, 2.75) is 18.4 Å². The average molecular weight is 274 g/mol. The van der Waals surface area contributed by atoms with E-state index in [1.807, 2.05) is 0 Å². The van der Waals surface area contributed by atoms with Gasteiger partial charge in [-0.2, -0.15) is 13.2 Å². The van der Waals surface area contributed by atoms with Gasteiger partial charge in [0.25, 0.3) is 0 Å². The number of hydrogen-bond donors (Lipinski definition) is 2.